The van der Waals surface area contributed by atoms with Crippen molar-refractivity contribution >= 4 is 17.7 Å². The largest absolute Gasteiger partial charge is 0.355 e. The summed E-state index contributed by atoms with van der Waals surface area (Å²) >= 11 is 1.80. The molecule has 1 unspecified atom stereocenters. The summed E-state index contributed by atoms with van der Waals surface area (Å²) in [4.78, 5) is 10.8. The standard InChI is InChI=1S/C20H35N5S/c1-6-24-9-11-25(12-10-24)17(3)14-22-20(21-4)23-15-18-8-7-16(2)13-19(18)26-5/h7-8,13,17H,6,9-12,14-15H2,1-5H3,(H2,21,22,23). The second-order valence-electron chi connectivity index (χ2n) is 6.94. The SMILES string of the molecule is CCN1CCN(C(C)CNC(=NC)NCc2ccc(C)cc2SC)CC1. The third-order valence-electron chi connectivity index (χ3n) is 5.15. The summed E-state index contributed by atoms with van der Waals surface area (Å²) in [5.41, 5.74) is 2.62. The van der Waals surface area contributed by atoms with Crippen molar-refractivity contribution in [3.05, 3.63) is 29.3 Å². The van der Waals surface area contributed by atoms with E-state index < -0.39 is 0 Å². The van der Waals surface area contributed by atoms with E-state index in [2.05, 4.69) is 70.7 Å². The number of hydrogen-bond acceptors (Lipinski definition) is 4. The van der Waals surface area contributed by atoms with Gasteiger partial charge in [0.15, 0.2) is 5.96 Å². The van der Waals surface area contributed by atoms with E-state index in [1.54, 1.807) is 11.8 Å². The number of likely N-dealkylation sites (N-methyl/N-ethyl adjacent to an activating group) is 1. The molecule has 0 radical (unpaired) electrons. The Morgan fingerprint density at radius 2 is 1.96 bits per heavy atom. The zero-order valence-electron chi connectivity index (χ0n) is 17.0. The molecule has 0 spiro atoms. The first-order chi connectivity index (χ1) is 12.6. The minimum atomic E-state index is 0.508. The predicted octanol–water partition coefficient (Wildman–Crippen LogP) is 2.41. The minimum Gasteiger partial charge on any atom is -0.355 e. The lowest BCUT2D eigenvalue weighted by molar-refractivity contribution is 0.107. The molecule has 5 nitrogen and oxygen atoms in total. The molecule has 6 heteroatoms. The Balaban J connectivity index is 1.79. The fourth-order valence-electron chi connectivity index (χ4n) is 3.29. The number of guanidine groups is 1. The Bertz CT molecular complexity index is 582. The highest BCUT2D eigenvalue weighted by atomic mass is 32.2. The summed E-state index contributed by atoms with van der Waals surface area (Å²) in [6, 6.07) is 7.13. The van der Waals surface area contributed by atoms with Crippen molar-refractivity contribution in [3.63, 3.8) is 0 Å². The second kappa shape index (κ2) is 10.8. The molecular weight excluding hydrogens is 342 g/mol. The number of piperazine rings is 1. The van der Waals surface area contributed by atoms with Crippen LogP contribution in [0.1, 0.15) is 25.0 Å². The molecule has 1 aromatic rings. The average molecular weight is 378 g/mol. The molecule has 2 N–H and O–H groups in total. The van der Waals surface area contributed by atoms with Gasteiger partial charge in [0.25, 0.3) is 0 Å². The maximum atomic E-state index is 4.38. The lowest BCUT2D eigenvalue weighted by atomic mass is 10.1. The molecule has 0 aromatic heterocycles. The maximum absolute atomic E-state index is 4.38. The molecule has 26 heavy (non-hydrogen) atoms. The summed E-state index contributed by atoms with van der Waals surface area (Å²) in [5.74, 6) is 0.872. The number of rotatable bonds is 7. The normalized spacial score (nSPS) is 18.0. The molecule has 0 saturated carbocycles. The molecule has 1 heterocycles. The molecular formula is C20H35N5S. The Labute approximate surface area is 163 Å². The number of benzene rings is 1. The van der Waals surface area contributed by atoms with E-state index >= 15 is 0 Å². The fourth-order valence-corrected chi connectivity index (χ4v) is 4.00. The molecule has 1 fully saturated rings. The van der Waals surface area contributed by atoms with Crippen LogP contribution in [0, 0.1) is 6.92 Å². The van der Waals surface area contributed by atoms with E-state index in [1.807, 2.05) is 7.05 Å². The smallest absolute Gasteiger partial charge is 0.191 e. The van der Waals surface area contributed by atoms with E-state index in [0.29, 0.717) is 6.04 Å². The highest BCUT2D eigenvalue weighted by Crippen LogP contribution is 2.21. The molecule has 0 bridgehead atoms. The summed E-state index contributed by atoms with van der Waals surface area (Å²) in [6.07, 6.45) is 2.13. The minimum absolute atomic E-state index is 0.508. The van der Waals surface area contributed by atoms with Crippen molar-refractivity contribution in [2.75, 3.05) is 52.6 Å². The van der Waals surface area contributed by atoms with Crippen LogP contribution in [0.25, 0.3) is 0 Å². The molecule has 1 aromatic carbocycles. The van der Waals surface area contributed by atoms with Gasteiger partial charge in [0.05, 0.1) is 0 Å². The zero-order chi connectivity index (χ0) is 18.9. The van der Waals surface area contributed by atoms with Gasteiger partial charge in [-0.1, -0.05) is 19.1 Å². The van der Waals surface area contributed by atoms with Gasteiger partial charge in [0, 0.05) is 57.3 Å². The van der Waals surface area contributed by atoms with E-state index in [1.165, 1.54) is 29.1 Å². The quantitative estimate of drug-likeness (QED) is 0.434. The summed E-state index contributed by atoms with van der Waals surface area (Å²) < 4.78 is 0. The number of aliphatic imine (C=N–C) groups is 1. The van der Waals surface area contributed by atoms with E-state index in [9.17, 15) is 0 Å². The monoisotopic (exact) mass is 377 g/mol. The Morgan fingerprint density at radius 3 is 2.58 bits per heavy atom. The lowest BCUT2D eigenvalue weighted by Crippen LogP contribution is -2.53. The molecule has 0 aliphatic carbocycles. The van der Waals surface area contributed by atoms with Crippen LogP contribution < -0.4 is 10.6 Å². The van der Waals surface area contributed by atoms with Gasteiger partial charge in [0.2, 0.25) is 0 Å². The van der Waals surface area contributed by atoms with Gasteiger partial charge < -0.3 is 15.5 Å². The summed E-state index contributed by atoms with van der Waals surface area (Å²) in [5, 5.41) is 6.94. The molecule has 1 saturated heterocycles. The van der Waals surface area contributed by atoms with Crippen molar-refractivity contribution in [1.82, 2.24) is 20.4 Å². The van der Waals surface area contributed by atoms with Crippen LogP contribution >= 0.6 is 11.8 Å². The maximum Gasteiger partial charge on any atom is 0.191 e. The van der Waals surface area contributed by atoms with Crippen molar-refractivity contribution in [1.29, 1.82) is 0 Å². The number of hydrogen-bond donors (Lipinski definition) is 2. The van der Waals surface area contributed by atoms with E-state index in [4.69, 9.17) is 0 Å². The van der Waals surface area contributed by atoms with Gasteiger partial charge in [-0.3, -0.25) is 9.89 Å². The van der Waals surface area contributed by atoms with Crippen molar-refractivity contribution < 1.29 is 0 Å². The number of aryl methyl sites for hydroxylation is 1. The van der Waals surface area contributed by atoms with Gasteiger partial charge in [-0.05, 0) is 43.8 Å². The van der Waals surface area contributed by atoms with E-state index in [0.717, 1.165) is 38.7 Å². The van der Waals surface area contributed by atoms with Gasteiger partial charge in [-0.25, -0.2) is 0 Å². The van der Waals surface area contributed by atoms with Crippen LogP contribution in [-0.2, 0) is 6.54 Å². The topological polar surface area (TPSA) is 42.9 Å². The fraction of sp³-hybridized carbons (Fsp3) is 0.650. The molecule has 0 amide bonds. The van der Waals surface area contributed by atoms with Crippen LogP contribution in [0.15, 0.2) is 28.1 Å². The third kappa shape index (κ3) is 6.18. The van der Waals surface area contributed by atoms with Crippen molar-refractivity contribution in [3.8, 4) is 0 Å². The van der Waals surface area contributed by atoms with Crippen LogP contribution in [0.3, 0.4) is 0 Å². The third-order valence-corrected chi connectivity index (χ3v) is 5.97. The van der Waals surface area contributed by atoms with Gasteiger partial charge >= 0.3 is 0 Å². The lowest BCUT2D eigenvalue weighted by Gasteiger charge is -2.37. The predicted molar refractivity (Wildman–Crippen MR) is 114 cm³/mol. The highest BCUT2D eigenvalue weighted by molar-refractivity contribution is 7.98. The first kappa shape index (κ1) is 21.1. The molecule has 1 aliphatic rings. The molecule has 1 aliphatic heterocycles. The summed E-state index contributed by atoms with van der Waals surface area (Å²) in [7, 11) is 1.84. The number of nitrogens with one attached hydrogen (secondary N) is 2. The molecule has 1 atom stereocenters. The first-order valence-corrected chi connectivity index (χ1v) is 10.8. The van der Waals surface area contributed by atoms with Crippen molar-refractivity contribution in [2.24, 2.45) is 4.99 Å². The Morgan fingerprint density at radius 1 is 1.23 bits per heavy atom. The van der Waals surface area contributed by atoms with Gasteiger partial charge in [-0.15, -0.1) is 11.8 Å². The average Bonchev–Trinajstić information content (AvgIpc) is 2.68. The van der Waals surface area contributed by atoms with Crippen LogP contribution in [0.2, 0.25) is 0 Å². The van der Waals surface area contributed by atoms with Crippen LogP contribution in [0.5, 0.6) is 0 Å². The van der Waals surface area contributed by atoms with Crippen LogP contribution in [0.4, 0.5) is 0 Å². The van der Waals surface area contributed by atoms with Gasteiger partial charge in [0.1, 0.15) is 0 Å². The number of nitrogens with zero attached hydrogens (tertiary/aromatic N) is 3. The highest BCUT2D eigenvalue weighted by Gasteiger charge is 2.20. The molecule has 2 rings (SSSR count). The van der Waals surface area contributed by atoms with Gasteiger partial charge in [-0.2, -0.15) is 0 Å². The first-order valence-electron chi connectivity index (χ1n) is 9.61. The summed E-state index contributed by atoms with van der Waals surface area (Å²) in [6.45, 7) is 14.2. The Kier molecular flexibility index (Phi) is 8.75. The zero-order valence-corrected chi connectivity index (χ0v) is 17.8. The Hall–Kier alpha value is -1.24. The van der Waals surface area contributed by atoms with E-state index in [-0.39, 0.29) is 0 Å². The van der Waals surface area contributed by atoms with Crippen LogP contribution in [-0.4, -0.2) is 74.4 Å². The second-order valence-corrected chi connectivity index (χ2v) is 7.79. The van der Waals surface area contributed by atoms with Crippen molar-refractivity contribution in [2.45, 2.75) is 38.3 Å². The number of thioether (sulfide) groups is 1. The molecule has 146 valence electrons.